The molecule has 2 rings (SSSR count). The second kappa shape index (κ2) is 5.71. The van der Waals surface area contributed by atoms with E-state index in [0.29, 0.717) is 5.69 Å². The van der Waals surface area contributed by atoms with E-state index in [2.05, 4.69) is 5.32 Å². The molecule has 21 heavy (non-hydrogen) atoms. The fourth-order valence-corrected chi connectivity index (χ4v) is 2.40. The summed E-state index contributed by atoms with van der Waals surface area (Å²) in [7, 11) is 1.37. The minimum Gasteiger partial charge on any atom is -0.494 e. The van der Waals surface area contributed by atoms with Gasteiger partial charge in [-0.05, 0) is 25.0 Å². The molecule has 0 saturated carbocycles. The number of halogens is 1. The zero-order chi connectivity index (χ0) is 15.7. The monoisotopic (exact) mass is 294 g/mol. The molecule has 1 N–H and O–H groups in total. The fraction of sp³-hybridized carbons (Fsp3) is 0.467. The van der Waals surface area contributed by atoms with Gasteiger partial charge in [0.25, 0.3) is 5.91 Å². The van der Waals surface area contributed by atoms with Crippen LogP contribution in [0.2, 0.25) is 0 Å². The molecule has 2 atom stereocenters. The molecule has 1 aromatic carbocycles. The Morgan fingerprint density at radius 1 is 1.33 bits per heavy atom. The Bertz CT molecular complexity index is 574. The lowest BCUT2D eigenvalue weighted by atomic mass is 9.97. The number of rotatable bonds is 3. The number of hydrogen-bond acceptors (Lipinski definition) is 3. The molecule has 0 spiro atoms. The van der Waals surface area contributed by atoms with Gasteiger partial charge in [0, 0.05) is 11.8 Å². The molecule has 1 aliphatic heterocycles. The average molecular weight is 294 g/mol. The highest BCUT2D eigenvalue weighted by Crippen LogP contribution is 2.27. The molecule has 6 heteroatoms. The van der Waals surface area contributed by atoms with Gasteiger partial charge in [-0.15, -0.1) is 0 Å². The van der Waals surface area contributed by atoms with Gasteiger partial charge in [-0.3, -0.25) is 14.5 Å². The van der Waals surface area contributed by atoms with Gasteiger partial charge in [-0.2, -0.15) is 0 Å². The number of nitrogens with zero attached hydrogens (tertiary/aromatic N) is 1. The molecule has 0 bridgehead atoms. The molecule has 1 saturated heterocycles. The molecular formula is C15H19FN2O3. The van der Waals surface area contributed by atoms with E-state index in [-0.39, 0.29) is 23.5 Å². The van der Waals surface area contributed by atoms with Gasteiger partial charge < -0.3 is 10.1 Å². The van der Waals surface area contributed by atoms with Crippen LogP contribution in [-0.4, -0.2) is 31.0 Å². The maximum absolute atomic E-state index is 13.8. The molecule has 1 aromatic rings. The van der Waals surface area contributed by atoms with Crippen molar-refractivity contribution in [1.82, 2.24) is 5.32 Å². The third-order valence-electron chi connectivity index (χ3n) is 3.65. The van der Waals surface area contributed by atoms with Crippen LogP contribution in [0.25, 0.3) is 0 Å². The molecule has 114 valence electrons. The van der Waals surface area contributed by atoms with Crippen LogP contribution < -0.4 is 15.0 Å². The van der Waals surface area contributed by atoms with Crippen LogP contribution in [-0.2, 0) is 9.59 Å². The molecule has 2 amide bonds. The van der Waals surface area contributed by atoms with Gasteiger partial charge >= 0.3 is 0 Å². The van der Waals surface area contributed by atoms with Crippen LogP contribution in [0.5, 0.6) is 5.75 Å². The van der Waals surface area contributed by atoms with Crippen molar-refractivity contribution in [3.63, 3.8) is 0 Å². The second-order valence-electron chi connectivity index (χ2n) is 5.43. The Morgan fingerprint density at radius 3 is 2.52 bits per heavy atom. The standard InChI is InChI=1S/C15H19FN2O3/c1-8(2)13-15(20)18(9(3)14(19)17-13)10-5-6-12(21-4)11(16)7-10/h5-9,13H,1-4H3,(H,17,19). The van der Waals surface area contributed by atoms with Gasteiger partial charge in [-0.25, -0.2) is 4.39 Å². The van der Waals surface area contributed by atoms with Crippen LogP contribution in [0.1, 0.15) is 20.8 Å². The van der Waals surface area contributed by atoms with Crippen molar-refractivity contribution in [1.29, 1.82) is 0 Å². The highest BCUT2D eigenvalue weighted by Gasteiger charge is 2.40. The summed E-state index contributed by atoms with van der Waals surface area (Å²) in [6, 6.07) is 2.95. The molecule has 2 unspecified atom stereocenters. The van der Waals surface area contributed by atoms with E-state index >= 15 is 0 Å². The highest BCUT2D eigenvalue weighted by atomic mass is 19.1. The fourth-order valence-electron chi connectivity index (χ4n) is 2.40. The van der Waals surface area contributed by atoms with Crippen LogP contribution in [0.3, 0.4) is 0 Å². The minimum absolute atomic E-state index is 0.0421. The zero-order valence-corrected chi connectivity index (χ0v) is 12.5. The largest absolute Gasteiger partial charge is 0.494 e. The van der Waals surface area contributed by atoms with Crippen molar-refractivity contribution in [2.45, 2.75) is 32.9 Å². The Labute approximate surface area is 123 Å². The minimum atomic E-state index is -0.680. The lowest BCUT2D eigenvalue weighted by Crippen LogP contribution is -2.64. The SMILES string of the molecule is COc1ccc(N2C(=O)C(C(C)C)NC(=O)C2C)cc1F. The third kappa shape index (κ3) is 2.70. The van der Waals surface area contributed by atoms with Gasteiger partial charge in [-0.1, -0.05) is 13.8 Å². The number of ether oxygens (including phenoxy) is 1. The number of amides is 2. The third-order valence-corrected chi connectivity index (χ3v) is 3.65. The predicted octanol–water partition coefficient (Wildman–Crippen LogP) is 1.71. The van der Waals surface area contributed by atoms with Crippen LogP contribution >= 0.6 is 0 Å². The van der Waals surface area contributed by atoms with E-state index < -0.39 is 17.9 Å². The van der Waals surface area contributed by atoms with E-state index in [1.165, 1.54) is 24.1 Å². The van der Waals surface area contributed by atoms with E-state index in [1.54, 1.807) is 13.0 Å². The summed E-state index contributed by atoms with van der Waals surface area (Å²) in [4.78, 5) is 25.9. The molecule has 1 fully saturated rings. The summed E-state index contributed by atoms with van der Waals surface area (Å²) in [5.74, 6) is -0.992. The summed E-state index contributed by atoms with van der Waals surface area (Å²) in [5.41, 5.74) is 0.353. The summed E-state index contributed by atoms with van der Waals surface area (Å²) in [6.07, 6.45) is 0. The zero-order valence-electron chi connectivity index (χ0n) is 12.5. The number of benzene rings is 1. The normalized spacial score (nSPS) is 22.5. The first-order valence-corrected chi connectivity index (χ1v) is 6.83. The summed E-state index contributed by atoms with van der Waals surface area (Å²) < 4.78 is 18.7. The molecule has 5 nitrogen and oxygen atoms in total. The topological polar surface area (TPSA) is 58.6 Å². The first kappa shape index (κ1) is 15.3. The van der Waals surface area contributed by atoms with Crippen LogP contribution in [0.4, 0.5) is 10.1 Å². The second-order valence-corrected chi connectivity index (χ2v) is 5.43. The number of methoxy groups -OCH3 is 1. The molecule has 0 aromatic heterocycles. The number of hydrogen-bond donors (Lipinski definition) is 1. The van der Waals surface area contributed by atoms with Crippen LogP contribution in [0, 0.1) is 11.7 Å². The van der Waals surface area contributed by atoms with E-state index in [0.717, 1.165) is 0 Å². The Morgan fingerprint density at radius 2 is 2.00 bits per heavy atom. The van der Waals surface area contributed by atoms with Crippen molar-refractivity contribution in [2.24, 2.45) is 5.92 Å². The van der Waals surface area contributed by atoms with Crippen molar-refractivity contribution in [3.05, 3.63) is 24.0 Å². The van der Waals surface area contributed by atoms with Crippen molar-refractivity contribution >= 4 is 17.5 Å². The van der Waals surface area contributed by atoms with Gasteiger partial charge in [0.05, 0.1) is 7.11 Å². The predicted molar refractivity (Wildman–Crippen MR) is 76.7 cm³/mol. The number of nitrogens with one attached hydrogen (secondary N) is 1. The highest BCUT2D eigenvalue weighted by molar-refractivity contribution is 6.08. The van der Waals surface area contributed by atoms with Crippen molar-refractivity contribution in [2.75, 3.05) is 12.0 Å². The molecule has 1 heterocycles. The van der Waals surface area contributed by atoms with E-state index in [1.807, 2.05) is 13.8 Å². The Hall–Kier alpha value is -2.11. The maximum Gasteiger partial charge on any atom is 0.250 e. The lowest BCUT2D eigenvalue weighted by Gasteiger charge is -2.38. The maximum atomic E-state index is 13.8. The number of carbonyl (C=O) groups is 2. The number of piperazine rings is 1. The number of anilines is 1. The quantitative estimate of drug-likeness (QED) is 0.923. The molecule has 0 aliphatic carbocycles. The van der Waals surface area contributed by atoms with Gasteiger partial charge in [0.15, 0.2) is 11.6 Å². The number of carbonyl (C=O) groups excluding carboxylic acids is 2. The smallest absolute Gasteiger partial charge is 0.250 e. The summed E-state index contributed by atoms with van der Waals surface area (Å²) in [5, 5.41) is 2.70. The Balaban J connectivity index is 2.41. The van der Waals surface area contributed by atoms with Gasteiger partial charge in [0.2, 0.25) is 5.91 Å². The van der Waals surface area contributed by atoms with Crippen LogP contribution in [0.15, 0.2) is 18.2 Å². The molecular weight excluding hydrogens is 275 g/mol. The molecule has 1 aliphatic rings. The van der Waals surface area contributed by atoms with Crippen molar-refractivity contribution in [3.8, 4) is 5.75 Å². The van der Waals surface area contributed by atoms with Gasteiger partial charge in [0.1, 0.15) is 12.1 Å². The lowest BCUT2D eigenvalue weighted by molar-refractivity contribution is -0.134. The van der Waals surface area contributed by atoms with E-state index in [9.17, 15) is 14.0 Å². The first-order chi connectivity index (χ1) is 9.86. The summed E-state index contributed by atoms with van der Waals surface area (Å²) in [6.45, 7) is 5.32. The Kier molecular flexibility index (Phi) is 4.16. The van der Waals surface area contributed by atoms with E-state index in [4.69, 9.17) is 4.74 Å². The summed E-state index contributed by atoms with van der Waals surface area (Å²) >= 11 is 0. The first-order valence-electron chi connectivity index (χ1n) is 6.83. The van der Waals surface area contributed by atoms with Crippen molar-refractivity contribution < 1.29 is 18.7 Å². The molecule has 0 radical (unpaired) electrons. The average Bonchev–Trinajstić information content (AvgIpc) is 2.43.